The Balaban J connectivity index is 1.52. The number of hydrogen-bond acceptors (Lipinski definition) is 6. The van der Waals surface area contributed by atoms with E-state index in [9.17, 15) is 18.0 Å². The molecule has 2 aliphatic heterocycles. The highest BCUT2D eigenvalue weighted by atomic mass is 32.2. The highest BCUT2D eigenvalue weighted by molar-refractivity contribution is 7.90. The number of carbonyl (C=O) groups is 2. The number of fused-ring (bicyclic) bond motifs is 1. The van der Waals surface area contributed by atoms with Gasteiger partial charge in [0.15, 0.2) is 12.4 Å². The second-order valence-corrected chi connectivity index (χ2v) is 9.43. The summed E-state index contributed by atoms with van der Waals surface area (Å²) < 4.78 is 33.5. The predicted molar refractivity (Wildman–Crippen MR) is 108 cm³/mol. The summed E-state index contributed by atoms with van der Waals surface area (Å²) in [6.45, 7) is 6.63. The number of rotatable bonds is 5. The van der Waals surface area contributed by atoms with Crippen LogP contribution in [0, 0.1) is 11.8 Å². The van der Waals surface area contributed by atoms with Gasteiger partial charge in [-0.25, -0.2) is 0 Å². The first-order valence-corrected chi connectivity index (χ1v) is 11.3. The van der Waals surface area contributed by atoms with Gasteiger partial charge in [0.1, 0.15) is 4.90 Å². The Labute approximate surface area is 171 Å². The SMILES string of the molecule is CC(C)C(C)NC(=O)COC(=O)C1CCN(C2=NS(=O)(=O)c3ccccc32)CC1. The van der Waals surface area contributed by atoms with Crippen molar-refractivity contribution in [2.24, 2.45) is 16.2 Å². The standard InChI is InChI=1S/C20H27N3O5S/c1-13(2)14(3)21-18(24)12-28-20(25)15-8-10-23(11-9-15)19-16-6-4-5-7-17(16)29(26,27)22-19/h4-7,13-15H,8-12H2,1-3H3,(H,21,24). The third-order valence-corrected chi connectivity index (χ3v) is 6.80. The summed E-state index contributed by atoms with van der Waals surface area (Å²) in [7, 11) is -3.66. The van der Waals surface area contributed by atoms with E-state index >= 15 is 0 Å². The molecule has 3 rings (SSSR count). The highest BCUT2D eigenvalue weighted by Gasteiger charge is 2.34. The van der Waals surface area contributed by atoms with Crippen LogP contribution in [0.5, 0.6) is 0 Å². The summed E-state index contributed by atoms with van der Waals surface area (Å²) in [4.78, 5) is 26.3. The number of piperidine rings is 1. The van der Waals surface area contributed by atoms with E-state index in [2.05, 4.69) is 9.71 Å². The van der Waals surface area contributed by atoms with Crippen LogP contribution in [0.2, 0.25) is 0 Å². The van der Waals surface area contributed by atoms with Crippen molar-refractivity contribution in [1.29, 1.82) is 0 Å². The van der Waals surface area contributed by atoms with E-state index in [1.807, 2.05) is 25.7 Å². The minimum absolute atomic E-state index is 0.00998. The van der Waals surface area contributed by atoms with Crippen LogP contribution in [-0.4, -0.2) is 56.8 Å². The summed E-state index contributed by atoms with van der Waals surface area (Å²) in [6.07, 6.45) is 1.04. The predicted octanol–water partition coefficient (Wildman–Crippen LogP) is 1.55. The zero-order valence-electron chi connectivity index (χ0n) is 16.9. The molecule has 0 saturated carbocycles. The van der Waals surface area contributed by atoms with Crippen molar-refractivity contribution in [3.63, 3.8) is 0 Å². The van der Waals surface area contributed by atoms with Gasteiger partial charge in [0.2, 0.25) is 0 Å². The second kappa shape index (κ2) is 8.52. The molecule has 2 aliphatic rings. The molecular weight excluding hydrogens is 394 g/mol. The molecule has 1 unspecified atom stereocenters. The summed E-state index contributed by atoms with van der Waals surface area (Å²) in [5.41, 5.74) is 0.601. The van der Waals surface area contributed by atoms with Gasteiger partial charge in [-0.3, -0.25) is 9.59 Å². The van der Waals surface area contributed by atoms with Crippen LogP contribution in [0.4, 0.5) is 0 Å². The minimum atomic E-state index is -3.66. The van der Waals surface area contributed by atoms with Crippen LogP contribution in [0.3, 0.4) is 0 Å². The van der Waals surface area contributed by atoms with Crippen molar-refractivity contribution in [2.75, 3.05) is 19.7 Å². The molecule has 1 fully saturated rings. The van der Waals surface area contributed by atoms with Crippen molar-refractivity contribution in [2.45, 2.75) is 44.6 Å². The number of carbonyl (C=O) groups excluding carboxylic acids is 2. The van der Waals surface area contributed by atoms with Crippen LogP contribution in [0.15, 0.2) is 33.6 Å². The quantitative estimate of drug-likeness (QED) is 0.724. The van der Waals surface area contributed by atoms with Gasteiger partial charge < -0.3 is 15.0 Å². The van der Waals surface area contributed by atoms with E-state index < -0.39 is 16.0 Å². The maximum absolute atomic E-state index is 12.3. The Hall–Kier alpha value is -2.42. The van der Waals surface area contributed by atoms with Gasteiger partial charge in [-0.2, -0.15) is 8.42 Å². The molecule has 8 nitrogen and oxygen atoms in total. The van der Waals surface area contributed by atoms with Crippen LogP contribution < -0.4 is 5.32 Å². The van der Waals surface area contributed by atoms with Crippen molar-refractivity contribution in [3.8, 4) is 0 Å². The van der Waals surface area contributed by atoms with Crippen LogP contribution in [-0.2, 0) is 24.3 Å². The minimum Gasteiger partial charge on any atom is -0.455 e. The Kier molecular flexibility index (Phi) is 6.26. The first kappa shape index (κ1) is 21.3. The maximum atomic E-state index is 12.3. The molecule has 0 spiro atoms. The lowest BCUT2D eigenvalue weighted by atomic mass is 9.96. The van der Waals surface area contributed by atoms with E-state index in [-0.39, 0.29) is 29.4 Å². The van der Waals surface area contributed by atoms with E-state index in [1.54, 1.807) is 24.3 Å². The molecule has 1 N–H and O–H groups in total. The van der Waals surface area contributed by atoms with Crippen LogP contribution in [0.1, 0.15) is 39.2 Å². The van der Waals surface area contributed by atoms with Crippen molar-refractivity contribution >= 4 is 27.7 Å². The topological polar surface area (TPSA) is 105 Å². The molecule has 0 radical (unpaired) electrons. The van der Waals surface area contributed by atoms with E-state index in [0.29, 0.717) is 43.2 Å². The number of sulfonamides is 1. The Bertz CT molecular complexity index is 918. The lowest BCUT2D eigenvalue weighted by Crippen LogP contribution is -2.42. The molecule has 0 aliphatic carbocycles. The number of amides is 1. The molecular formula is C20H27N3O5S. The number of likely N-dealkylation sites (tertiary alicyclic amines) is 1. The molecule has 1 aromatic carbocycles. The Morgan fingerprint density at radius 2 is 1.86 bits per heavy atom. The van der Waals surface area contributed by atoms with Gasteiger partial charge in [0, 0.05) is 24.7 Å². The second-order valence-electron chi connectivity index (χ2n) is 7.86. The van der Waals surface area contributed by atoms with Crippen molar-refractivity contribution in [1.82, 2.24) is 10.2 Å². The van der Waals surface area contributed by atoms with Crippen LogP contribution >= 0.6 is 0 Å². The first-order chi connectivity index (χ1) is 13.7. The van der Waals surface area contributed by atoms with Gasteiger partial charge in [0.25, 0.3) is 15.9 Å². The molecule has 0 bridgehead atoms. The van der Waals surface area contributed by atoms with Crippen molar-refractivity contribution in [3.05, 3.63) is 29.8 Å². The van der Waals surface area contributed by atoms with E-state index in [4.69, 9.17) is 4.74 Å². The van der Waals surface area contributed by atoms with Crippen LogP contribution in [0.25, 0.3) is 0 Å². The lowest BCUT2D eigenvalue weighted by Gasteiger charge is -2.32. The lowest BCUT2D eigenvalue weighted by molar-refractivity contribution is -0.154. The monoisotopic (exact) mass is 421 g/mol. The number of esters is 1. The summed E-state index contributed by atoms with van der Waals surface area (Å²) in [5, 5.41) is 2.80. The molecule has 0 aromatic heterocycles. The van der Waals surface area contributed by atoms with Gasteiger partial charge in [-0.15, -0.1) is 4.40 Å². The summed E-state index contributed by atoms with van der Waals surface area (Å²) in [5.74, 6) is -0.270. The van der Waals surface area contributed by atoms with E-state index in [0.717, 1.165) is 0 Å². The number of amidine groups is 1. The average Bonchev–Trinajstić information content (AvgIpc) is 2.97. The fraction of sp³-hybridized carbons (Fsp3) is 0.550. The Morgan fingerprint density at radius 1 is 1.21 bits per heavy atom. The van der Waals surface area contributed by atoms with Gasteiger partial charge >= 0.3 is 5.97 Å². The fourth-order valence-corrected chi connectivity index (χ4v) is 4.59. The number of nitrogens with one attached hydrogen (secondary N) is 1. The third kappa shape index (κ3) is 4.77. The maximum Gasteiger partial charge on any atom is 0.309 e. The number of ether oxygens (including phenoxy) is 1. The number of nitrogens with zero attached hydrogens (tertiary/aromatic N) is 2. The molecule has 29 heavy (non-hydrogen) atoms. The largest absolute Gasteiger partial charge is 0.455 e. The molecule has 1 atom stereocenters. The zero-order chi connectivity index (χ0) is 21.2. The smallest absolute Gasteiger partial charge is 0.309 e. The zero-order valence-corrected chi connectivity index (χ0v) is 17.7. The molecule has 1 saturated heterocycles. The molecule has 1 amide bonds. The highest BCUT2D eigenvalue weighted by Crippen LogP contribution is 2.29. The average molecular weight is 422 g/mol. The number of benzene rings is 1. The summed E-state index contributed by atoms with van der Waals surface area (Å²) >= 11 is 0. The van der Waals surface area contributed by atoms with Gasteiger partial charge in [0.05, 0.1) is 5.92 Å². The summed E-state index contributed by atoms with van der Waals surface area (Å²) in [6, 6.07) is 6.77. The number of hydrogen-bond donors (Lipinski definition) is 1. The molecule has 9 heteroatoms. The van der Waals surface area contributed by atoms with E-state index in [1.165, 1.54) is 0 Å². The molecule has 158 valence electrons. The Morgan fingerprint density at radius 3 is 2.52 bits per heavy atom. The fourth-order valence-electron chi connectivity index (χ4n) is 3.36. The molecule has 2 heterocycles. The van der Waals surface area contributed by atoms with Gasteiger partial charge in [-0.05, 0) is 37.8 Å². The first-order valence-electron chi connectivity index (χ1n) is 9.84. The van der Waals surface area contributed by atoms with Crippen molar-refractivity contribution < 1.29 is 22.7 Å². The third-order valence-electron chi connectivity index (χ3n) is 5.47. The normalized spacial score (nSPS) is 19.4. The van der Waals surface area contributed by atoms with Gasteiger partial charge in [-0.1, -0.05) is 26.0 Å². The molecule has 1 aromatic rings.